The van der Waals surface area contributed by atoms with Gasteiger partial charge in [0.2, 0.25) is 0 Å². The van der Waals surface area contributed by atoms with Gasteiger partial charge in [0.25, 0.3) is 0 Å². The zero-order valence-corrected chi connectivity index (χ0v) is 15.0. The van der Waals surface area contributed by atoms with Crippen LogP contribution in [0.5, 0.6) is 11.5 Å². The van der Waals surface area contributed by atoms with E-state index < -0.39 is 0 Å². The lowest BCUT2D eigenvalue weighted by Gasteiger charge is -2.18. The number of benzene rings is 2. The molecule has 0 N–H and O–H groups in total. The lowest BCUT2D eigenvalue weighted by atomic mass is 9.95. The van der Waals surface area contributed by atoms with Crippen molar-refractivity contribution >= 4 is 16.7 Å². The molecule has 0 amide bonds. The maximum atomic E-state index is 11.3. The van der Waals surface area contributed by atoms with Crippen LogP contribution in [-0.4, -0.2) is 25.8 Å². The van der Waals surface area contributed by atoms with Gasteiger partial charge in [0.1, 0.15) is 18.1 Å². The number of rotatable bonds is 7. The van der Waals surface area contributed by atoms with E-state index >= 15 is 0 Å². The van der Waals surface area contributed by atoms with Gasteiger partial charge >= 0.3 is 5.97 Å². The third-order valence-corrected chi connectivity index (χ3v) is 5.33. The molecule has 0 aliphatic heterocycles. The Morgan fingerprint density at radius 3 is 2.46 bits per heavy atom. The van der Waals surface area contributed by atoms with Crippen LogP contribution in [0.3, 0.4) is 0 Å². The second-order valence-electron chi connectivity index (χ2n) is 7.16. The minimum absolute atomic E-state index is 0.326. The van der Waals surface area contributed by atoms with E-state index in [1.54, 1.807) is 6.07 Å². The first-order valence-electron chi connectivity index (χ1n) is 9.30. The number of carbonyl (C=O) groups is 1. The molecule has 0 saturated heterocycles. The molecule has 1 saturated carbocycles. The van der Waals surface area contributed by atoms with Crippen LogP contribution in [0.15, 0.2) is 48.6 Å². The number of fused-ring (bicyclic) bond motifs is 3. The first kappa shape index (κ1) is 17.1. The summed E-state index contributed by atoms with van der Waals surface area (Å²) in [6.07, 6.45) is 7.29. The van der Waals surface area contributed by atoms with E-state index in [1.165, 1.54) is 19.8 Å². The number of esters is 1. The molecule has 2 aliphatic rings. The fourth-order valence-corrected chi connectivity index (χ4v) is 4.14. The molecule has 2 aromatic carbocycles. The molecule has 2 aliphatic carbocycles. The second kappa shape index (κ2) is 7.50. The molecular formula is C22H24O4. The summed E-state index contributed by atoms with van der Waals surface area (Å²) in [6.45, 7) is 3.31. The smallest absolute Gasteiger partial charge is 0.308 e. The van der Waals surface area contributed by atoms with Crippen molar-refractivity contribution in [3.8, 4) is 11.5 Å². The van der Waals surface area contributed by atoms with Gasteiger partial charge in [-0.1, -0.05) is 36.4 Å². The van der Waals surface area contributed by atoms with Gasteiger partial charge in [0.15, 0.2) is 0 Å². The van der Waals surface area contributed by atoms with E-state index in [-0.39, 0.29) is 5.97 Å². The summed E-state index contributed by atoms with van der Waals surface area (Å²) in [5, 5.41) is 1.80. The van der Waals surface area contributed by atoms with Crippen molar-refractivity contribution in [2.45, 2.75) is 19.8 Å². The zero-order chi connectivity index (χ0) is 17.9. The van der Waals surface area contributed by atoms with Gasteiger partial charge in [0.05, 0.1) is 13.2 Å². The highest BCUT2D eigenvalue weighted by Gasteiger charge is 2.35. The summed E-state index contributed by atoms with van der Waals surface area (Å²) in [5.74, 6) is 3.19. The molecule has 26 heavy (non-hydrogen) atoms. The number of carbonyl (C=O) groups excluding carboxylic acids is 1. The number of allylic oxidation sites excluding steroid dienone is 2. The quantitative estimate of drug-likeness (QED) is 0.321. The summed E-state index contributed by atoms with van der Waals surface area (Å²) in [6, 6.07) is 11.4. The summed E-state index contributed by atoms with van der Waals surface area (Å²) < 4.78 is 17.1. The van der Waals surface area contributed by atoms with Crippen LogP contribution in [0.4, 0.5) is 0 Å². The Morgan fingerprint density at radius 2 is 1.77 bits per heavy atom. The van der Waals surface area contributed by atoms with E-state index in [0.717, 1.165) is 35.0 Å². The maximum Gasteiger partial charge on any atom is 0.308 e. The number of hydrogen-bond donors (Lipinski definition) is 0. The van der Waals surface area contributed by atoms with Crippen molar-refractivity contribution in [3.05, 3.63) is 48.6 Å². The van der Waals surface area contributed by atoms with Gasteiger partial charge < -0.3 is 14.2 Å². The van der Waals surface area contributed by atoms with Crippen LogP contribution in [0.25, 0.3) is 10.8 Å². The van der Waals surface area contributed by atoms with Gasteiger partial charge in [-0.05, 0) is 42.7 Å². The highest BCUT2D eigenvalue weighted by Crippen LogP contribution is 2.43. The van der Waals surface area contributed by atoms with Crippen molar-refractivity contribution in [2.75, 3.05) is 19.8 Å². The molecule has 3 unspecified atom stereocenters. The Balaban J connectivity index is 1.32. The average Bonchev–Trinajstić information content (AvgIpc) is 3.26. The summed E-state index contributed by atoms with van der Waals surface area (Å²) in [5.41, 5.74) is 0. The van der Waals surface area contributed by atoms with Gasteiger partial charge in [-0.3, -0.25) is 4.79 Å². The molecule has 0 aromatic heterocycles. The molecule has 0 spiro atoms. The molecule has 3 atom stereocenters. The monoisotopic (exact) mass is 352 g/mol. The molecule has 0 radical (unpaired) electrons. The Bertz CT molecular complexity index is 826. The number of ether oxygens (including phenoxy) is 3. The minimum atomic E-state index is -0.326. The van der Waals surface area contributed by atoms with Gasteiger partial charge in [-0.25, -0.2) is 0 Å². The first-order chi connectivity index (χ1) is 12.7. The predicted octanol–water partition coefficient (Wildman–Crippen LogP) is 4.37. The number of hydrogen-bond acceptors (Lipinski definition) is 4. The van der Waals surface area contributed by atoms with Crippen LogP contribution in [0, 0.1) is 17.8 Å². The van der Waals surface area contributed by atoms with E-state index in [9.17, 15) is 4.79 Å². The fourth-order valence-electron chi connectivity index (χ4n) is 4.14. The van der Waals surface area contributed by atoms with E-state index in [2.05, 4.69) is 12.2 Å². The maximum absolute atomic E-state index is 11.3. The second-order valence-corrected chi connectivity index (χ2v) is 7.16. The van der Waals surface area contributed by atoms with Gasteiger partial charge in [0, 0.05) is 17.7 Å². The van der Waals surface area contributed by atoms with E-state index in [1.807, 2.05) is 30.3 Å². The molecule has 4 nitrogen and oxygen atoms in total. The molecule has 4 heteroatoms. The first-order valence-corrected chi connectivity index (χ1v) is 9.30. The summed E-state index contributed by atoms with van der Waals surface area (Å²) in [4.78, 5) is 11.3. The molecule has 2 bridgehead atoms. The fraction of sp³-hybridized carbons (Fsp3) is 0.409. The molecule has 136 valence electrons. The lowest BCUT2D eigenvalue weighted by Crippen LogP contribution is -2.17. The Morgan fingerprint density at radius 1 is 1.00 bits per heavy atom. The Kier molecular flexibility index (Phi) is 4.93. The Labute approximate surface area is 153 Å². The summed E-state index contributed by atoms with van der Waals surface area (Å²) in [7, 11) is 0. The molecular weight excluding hydrogens is 328 g/mol. The molecule has 0 heterocycles. The van der Waals surface area contributed by atoms with Gasteiger partial charge in [-0.2, -0.15) is 0 Å². The molecule has 2 aromatic rings. The normalized spacial score (nSPS) is 23.5. The zero-order valence-electron chi connectivity index (χ0n) is 15.0. The van der Waals surface area contributed by atoms with Crippen LogP contribution in [-0.2, 0) is 9.53 Å². The highest BCUT2D eigenvalue weighted by atomic mass is 16.5. The third-order valence-electron chi connectivity index (χ3n) is 5.33. The van der Waals surface area contributed by atoms with Crippen LogP contribution in [0.2, 0.25) is 0 Å². The van der Waals surface area contributed by atoms with Crippen LogP contribution in [0.1, 0.15) is 19.8 Å². The largest absolute Gasteiger partial charge is 0.491 e. The van der Waals surface area contributed by atoms with Crippen molar-refractivity contribution in [1.82, 2.24) is 0 Å². The van der Waals surface area contributed by atoms with E-state index in [4.69, 9.17) is 14.2 Å². The minimum Gasteiger partial charge on any atom is -0.491 e. The van der Waals surface area contributed by atoms with Crippen molar-refractivity contribution in [3.63, 3.8) is 0 Å². The third kappa shape index (κ3) is 3.61. The topological polar surface area (TPSA) is 44.8 Å². The van der Waals surface area contributed by atoms with E-state index in [0.29, 0.717) is 24.9 Å². The highest BCUT2D eigenvalue weighted by molar-refractivity contribution is 5.94. The van der Waals surface area contributed by atoms with Crippen LogP contribution >= 0.6 is 0 Å². The predicted molar refractivity (Wildman–Crippen MR) is 100 cm³/mol. The molecule has 4 rings (SSSR count). The Hall–Kier alpha value is -2.33. The van der Waals surface area contributed by atoms with Crippen molar-refractivity contribution in [1.29, 1.82) is 0 Å². The average molecular weight is 352 g/mol. The lowest BCUT2D eigenvalue weighted by molar-refractivity contribution is -0.131. The van der Waals surface area contributed by atoms with Crippen molar-refractivity contribution in [2.24, 2.45) is 17.8 Å². The van der Waals surface area contributed by atoms with Crippen LogP contribution < -0.4 is 9.47 Å². The summed E-state index contributed by atoms with van der Waals surface area (Å²) >= 11 is 0. The van der Waals surface area contributed by atoms with Crippen molar-refractivity contribution < 1.29 is 19.0 Å². The van der Waals surface area contributed by atoms with Gasteiger partial charge in [-0.15, -0.1) is 0 Å². The standard InChI is InChI=1S/C22H24O4/c1-15(23)26-22-9-8-21(19-4-2-3-5-20(19)22)25-11-10-24-14-18-13-16-6-7-17(18)12-16/h2-9,16-18H,10-14H2,1H3. The molecule has 1 fully saturated rings. The SMILES string of the molecule is CC(=O)Oc1ccc(OCCOCC2CC3C=CC2C3)c2ccccc12.